The number of carbonyl (C=O) groups excluding carboxylic acids is 1. The number of nitrogens with two attached hydrogens (primary N) is 1. The summed E-state index contributed by atoms with van der Waals surface area (Å²) < 4.78 is 0. The van der Waals surface area contributed by atoms with Gasteiger partial charge in [0.1, 0.15) is 0 Å². The molecule has 3 aliphatic carbocycles. The molecule has 0 heterocycles. The van der Waals surface area contributed by atoms with E-state index in [0.717, 1.165) is 25.7 Å². The Morgan fingerprint density at radius 3 is 2.52 bits per heavy atom. The average molecular weight is 335 g/mol. The fourth-order valence-electron chi connectivity index (χ4n) is 5.00. The van der Waals surface area contributed by atoms with Crippen LogP contribution >= 0.6 is 12.4 Å². The van der Waals surface area contributed by atoms with Crippen molar-refractivity contribution in [3.05, 3.63) is 35.4 Å². The van der Waals surface area contributed by atoms with Gasteiger partial charge in [-0.2, -0.15) is 0 Å². The molecule has 4 rings (SSSR count). The Kier molecular flexibility index (Phi) is 4.98. The second kappa shape index (κ2) is 6.82. The SMILES string of the molecule is Cl.NC1C2CCCC1CC(C(=O)NC1CCc3ccccc31)C2. The fraction of sp³-hybridized carbons (Fsp3) is 0.632. The number of nitrogens with one attached hydrogen (secondary N) is 1. The Labute approximate surface area is 144 Å². The summed E-state index contributed by atoms with van der Waals surface area (Å²) >= 11 is 0. The third-order valence-corrected chi connectivity index (χ3v) is 6.23. The Morgan fingerprint density at radius 1 is 1.09 bits per heavy atom. The van der Waals surface area contributed by atoms with E-state index < -0.39 is 0 Å². The van der Waals surface area contributed by atoms with Gasteiger partial charge in [-0.15, -0.1) is 12.4 Å². The molecule has 3 unspecified atom stereocenters. The van der Waals surface area contributed by atoms with Crippen molar-refractivity contribution < 1.29 is 4.79 Å². The summed E-state index contributed by atoms with van der Waals surface area (Å²) in [6.07, 6.45) is 7.86. The molecule has 0 radical (unpaired) electrons. The smallest absolute Gasteiger partial charge is 0.223 e. The van der Waals surface area contributed by atoms with Crippen molar-refractivity contribution in [2.24, 2.45) is 23.5 Å². The Bertz CT molecular complexity index is 562. The Balaban J connectivity index is 0.00000156. The van der Waals surface area contributed by atoms with E-state index in [9.17, 15) is 4.79 Å². The van der Waals surface area contributed by atoms with Crippen LogP contribution in [0.4, 0.5) is 0 Å². The summed E-state index contributed by atoms with van der Waals surface area (Å²) in [7, 11) is 0. The van der Waals surface area contributed by atoms with Gasteiger partial charge < -0.3 is 11.1 Å². The summed E-state index contributed by atoms with van der Waals surface area (Å²) in [6, 6.07) is 9.08. The average Bonchev–Trinajstić information content (AvgIpc) is 2.90. The number of benzene rings is 1. The van der Waals surface area contributed by atoms with Gasteiger partial charge in [-0.3, -0.25) is 4.79 Å². The molecule has 1 amide bonds. The van der Waals surface area contributed by atoms with Crippen LogP contribution in [0, 0.1) is 17.8 Å². The lowest BCUT2D eigenvalue weighted by atomic mass is 9.65. The minimum absolute atomic E-state index is 0. The van der Waals surface area contributed by atoms with Crippen LogP contribution in [0.3, 0.4) is 0 Å². The van der Waals surface area contributed by atoms with E-state index in [2.05, 4.69) is 29.6 Å². The molecule has 23 heavy (non-hydrogen) atoms. The highest BCUT2D eigenvalue weighted by Crippen LogP contribution is 2.42. The van der Waals surface area contributed by atoms with E-state index in [0.29, 0.717) is 17.9 Å². The van der Waals surface area contributed by atoms with Crippen molar-refractivity contribution in [3.8, 4) is 0 Å². The summed E-state index contributed by atoms with van der Waals surface area (Å²) in [6.45, 7) is 0. The number of rotatable bonds is 2. The molecule has 3 aliphatic rings. The largest absolute Gasteiger partial charge is 0.349 e. The van der Waals surface area contributed by atoms with Crippen molar-refractivity contribution in [1.29, 1.82) is 0 Å². The second-order valence-electron chi connectivity index (χ2n) is 7.50. The molecule has 0 saturated heterocycles. The molecule has 3 nitrogen and oxygen atoms in total. The van der Waals surface area contributed by atoms with Crippen molar-refractivity contribution in [3.63, 3.8) is 0 Å². The first kappa shape index (κ1) is 16.8. The Hall–Kier alpha value is -1.06. The monoisotopic (exact) mass is 334 g/mol. The van der Waals surface area contributed by atoms with Crippen LogP contribution in [0.15, 0.2) is 24.3 Å². The zero-order valence-corrected chi connectivity index (χ0v) is 14.4. The van der Waals surface area contributed by atoms with Gasteiger partial charge in [0.15, 0.2) is 0 Å². The van der Waals surface area contributed by atoms with Crippen molar-refractivity contribution in [2.45, 2.75) is 57.0 Å². The molecule has 3 N–H and O–H groups in total. The first-order valence-corrected chi connectivity index (χ1v) is 8.86. The summed E-state index contributed by atoms with van der Waals surface area (Å²) in [5.41, 5.74) is 9.06. The standard InChI is InChI=1S/C19H26N2O.ClH/c20-18-13-5-3-6-14(18)11-15(10-13)19(22)21-17-9-8-12-4-1-2-7-16(12)17;/h1-2,4,7,13-15,17-18H,3,5-6,8-11,20H2,(H,21,22);1H. The van der Waals surface area contributed by atoms with Gasteiger partial charge in [0.05, 0.1) is 6.04 Å². The van der Waals surface area contributed by atoms with Crippen molar-refractivity contribution >= 4 is 18.3 Å². The van der Waals surface area contributed by atoms with Gasteiger partial charge in [0.25, 0.3) is 0 Å². The van der Waals surface area contributed by atoms with E-state index in [4.69, 9.17) is 5.73 Å². The number of amides is 1. The number of hydrogen-bond acceptors (Lipinski definition) is 2. The molecular formula is C19H27ClN2O. The quantitative estimate of drug-likeness (QED) is 0.871. The van der Waals surface area contributed by atoms with Crippen LogP contribution in [0.2, 0.25) is 0 Å². The second-order valence-corrected chi connectivity index (χ2v) is 7.50. The number of carbonyl (C=O) groups is 1. The van der Waals surface area contributed by atoms with E-state index in [-0.39, 0.29) is 30.3 Å². The highest BCUT2D eigenvalue weighted by molar-refractivity contribution is 5.85. The summed E-state index contributed by atoms with van der Waals surface area (Å²) in [5.74, 6) is 1.59. The van der Waals surface area contributed by atoms with Gasteiger partial charge in [-0.05, 0) is 61.5 Å². The summed E-state index contributed by atoms with van der Waals surface area (Å²) in [4.78, 5) is 12.7. The molecule has 2 fully saturated rings. The van der Waals surface area contributed by atoms with Crippen molar-refractivity contribution in [1.82, 2.24) is 5.32 Å². The van der Waals surface area contributed by atoms with Gasteiger partial charge in [0.2, 0.25) is 5.91 Å². The molecule has 1 aromatic rings. The maximum atomic E-state index is 12.7. The zero-order valence-electron chi connectivity index (χ0n) is 13.5. The van der Waals surface area contributed by atoms with E-state index in [1.807, 2.05) is 0 Å². The molecule has 0 aliphatic heterocycles. The number of aryl methyl sites for hydroxylation is 1. The van der Waals surface area contributed by atoms with Crippen LogP contribution in [0.5, 0.6) is 0 Å². The lowest BCUT2D eigenvalue weighted by Gasteiger charge is -2.43. The highest BCUT2D eigenvalue weighted by atomic mass is 35.5. The minimum atomic E-state index is 0. The van der Waals surface area contributed by atoms with Crippen LogP contribution in [-0.4, -0.2) is 11.9 Å². The topological polar surface area (TPSA) is 55.1 Å². The predicted molar refractivity (Wildman–Crippen MR) is 94.4 cm³/mol. The molecule has 1 aromatic carbocycles. The molecular weight excluding hydrogens is 308 g/mol. The normalized spacial score (nSPS) is 35.1. The minimum Gasteiger partial charge on any atom is -0.349 e. The van der Waals surface area contributed by atoms with E-state index in [1.54, 1.807) is 0 Å². The third-order valence-electron chi connectivity index (χ3n) is 6.23. The molecule has 2 saturated carbocycles. The molecule has 0 aromatic heterocycles. The van der Waals surface area contributed by atoms with Crippen LogP contribution < -0.4 is 11.1 Å². The Morgan fingerprint density at radius 2 is 1.78 bits per heavy atom. The first-order chi connectivity index (χ1) is 10.7. The van der Waals surface area contributed by atoms with Crippen molar-refractivity contribution in [2.75, 3.05) is 0 Å². The molecule has 0 spiro atoms. The number of hydrogen-bond donors (Lipinski definition) is 2. The molecule has 2 bridgehead atoms. The van der Waals surface area contributed by atoms with Crippen LogP contribution in [0.25, 0.3) is 0 Å². The van der Waals surface area contributed by atoms with Crippen LogP contribution in [-0.2, 0) is 11.2 Å². The maximum absolute atomic E-state index is 12.7. The number of fused-ring (bicyclic) bond motifs is 3. The zero-order chi connectivity index (χ0) is 15.1. The lowest BCUT2D eigenvalue weighted by Crippen LogP contribution is -2.49. The lowest BCUT2D eigenvalue weighted by molar-refractivity contribution is -0.128. The van der Waals surface area contributed by atoms with Crippen LogP contribution in [0.1, 0.15) is 55.7 Å². The van der Waals surface area contributed by atoms with E-state index >= 15 is 0 Å². The molecule has 126 valence electrons. The van der Waals surface area contributed by atoms with Gasteiger partial charge in [-0.1, -0.05) is 30.7 Å². The fourth-order valence-corrected chi connectivity index (χ4v) is 5.00. The van der Waals surface area contributed by atoms with Gasteiger partial charge >= 0.3 is 0 Å². The van der Waals surface area contributed by atoms with E-state index in [1.165, 1.54) is 30.4 Å². The number of halogens is 1. The first-order valence-electron chi connectivity index (χ1n) is 8.86. The highest BCUT2D eigenvalue weighted by Gasteiger charge is 2.41. The molecule has 4 heteroatoms. The third kappa shape index (κ3) is 3.14. The van der Waals surface area contributed by atoms with Gasteiger partial charge in [0, 0.05) is 12.0 Å². The van der Waals surface area contributed by atoms with Gasteiger partial charge in [-0.25, -0.2) is 0 Å². The predicted octanol–water partition coefficient (Wildman–Crippen LogP) is 3.37. The molecule has 3 atom stereocenters. The summed E-state index contributed by atoms with van der Waals surface area (Å²) in [5, 5.41) is 3.33. The maximum Gasteiger partial charge on any atom is 0.223 e.